The maximum atomic E-state index is 4.98. The van der Waals surface area contributed by atoms with Crippen LogP contribution in [0.2, 0.25) is 0 Å². The van der Waals surface area contributed by atoms with Gasteiger partial charge in [0.2, 0.25) is 0 Å². The van der Waals surface area contributed by atoms with Gasteiger partial charge in [-0.15, -0.1) is 0 Å². The van der Waals surface area contributed by atoms with Crippen molar-refractivity contribution in [1.29, 1.82) is 0 Å². The molecule has 0 rings (SSSR count). The summed E-state index contributed by atoms with van der Waals surface area (Å²) in [5.41, 5.74) is 0. The van der Waals surface area contributed by atoms with E-state index in [1.54, 1.807) is 0 Å². The average molecular weight is 603 g/mol. The number of nitrogens with one attached hydrogen (secondary N) is 1. The normalized spacial score (nSPS) is 9.59. The van der Waals surface area contributed by atoms with Crippen LogP contribution in [0.4, 0.5) is 0 Å². The zero-order valence-electron chi connectivity index (χ0n) is 23.5. The standard InChI is InChI=1S/2C9H19NS2.C8H19N.Zn/c2*1-3-5-7-10(9(11)12)8-6-4-2;1-3-5-7-9-8-6-4-2;/h2*3-8H2,1-2H3,(H,11,12);9H,3-8H2,1-2H3;/q;;;+2/p-2. The molecule has 0 aliphatic heterocycles. The SMILES string of the molecule is CCCCN(CCCC)C(=S)[S-].CCCCN(CCCC)C(=S)[S-].CCCCNCCCC.[Zn+2]. The maximum absolute atomic E-state index is 4.98. The van der Waals surface area contributed by atoms with Crippen LogP contribution in [0.3, 0.4) is 0 Å². The van der Waals surface area contributed by atoms with Gasteiger partial charge in [-0.25, -0.2) is 0 Å². The van der Waals surface area contributed by atoms with Gasteiger partial charge in [0.05, 0.1) is 0 Å². The monoisotopic (exact) mass is 601 g/mol. The van der Waals surface area contributed by atoms with E-state index >= 15 is 0 Å². The van der Waals surface area contributed by atoms with Crippen LogP contribution in [0.15, 0.2) is 0 Å². The minimum Gasteiger partial charge on any atom is -0.411 e. The van der Waals surface area contributed by atoms with Crippen molar-refractivity contribution in [2.24, 2.45) is 0 Å². The van der Waals surface area contributed by atoms with Gasteiger partial charge >= 0.3 is 19.5 Å². The summed E-state index contributed by atoms with van der Waals surface area (Å²) in [6.45, 7) is 19.8. The van der Waals surface area contributed by atoms with E-state index in [1.165, 1.54) is 90.1 Å². The third kappa shape index (κ3) is 35.0. The van der Waals surface area contributed by atoms with E-state index in [4.69, 9.17) is 49.7 Å². The average Bonchev–Trinajstić information content (AvgIpc) is 2.79. The molecular formula is C26H55N3S4Zn. The molecule has 0 aliphatic carbocycles. The van der Waals surface area contributed by atoms with Crippen molar-refractivity contribution >= 4 is 58.3 Å². The van der Waals surface area contributed by atoms with Gasteiger partial charge in [-0.1, -0.05) is 88.7 Å². The van der Waals surface area contributed by atoms with E-state index in [-0.39, 0.29) is 19.5 Å². The second-order valence-electron chi connectivity index (χ2n) is 8.38. The van der Waals surface area contributed by atoms with E-state index in [0.717, 1.165) is 26.2 Å². The van der Waals surface area contributed by atoms with Crippen molar-refractivity contribution in [3.8, 4) is 0 Å². The molecule has 0 aliphatic rings. The Morgan fingerprint density at radius 1 is 0.529 bits per heavy atom. The van der Waals surface area contributed by atoms with Crippen molar-refractivity contribution in [3.05, 3.63) is 0 Å². The first-order chi connectivity index (χ1) is 15.9. The first kappa shape index (κ1) is 41.9. The Kier molecular flexibility index (Phi) is 44.3. The molecule has 0 aromatic heterocycles. The Balaban J connectivity index is -0.000000198. The van der Waals surface area contributed by atoms with Gasteiger partial charge in [0.15, 0.2) is 0 Å². The summed E-state index contributed by atoms with van der Waals surface area (Å²) >= 11 is 19.9. The maximum Gasteiger partial charge on any atom is 2.00 e. The molecule has 0 heterocycles. The summed E-state index contributed by atoms with van der Waals surface area (Å²) in [6, 6.07) is 0. The predicted molar refractivity (Wildman–Crippen MR) is 165 cm³/mol. The number of unbranched alkanes of at least 4 members (excludes halogenated alkanes) is 6. The van der Waals surface area contributed by atoms with Gasteiger partial charge in [0, 0.05) is 26.2 Å². The van der Waals surface area contributed by atoms with Crippen molar-refractivity contribution in [3.63, 3.8) is 0 Å². The van der Waals surface area contributed by atoms with Crippen LogP contribution in [0.25, 0.3) is 0 Å². The summed E-state index contributed by atoms with van der Waals surface area (Å²) in [6.07, 6.45) is 14.9. The summed E-state index contributed by atoms with van der Waals surface area (Å²) in [4.78, 5) is 4.27. The number of hydrogen-bond acceptors (Lipinski definition) is 5. The van der Waals surface area contributed by atoms with Gasteiger partial charge < -0.3 is 64.8 Å². The van der Waals surface area contributed by atoms with Crippen LogP contribution in [0, 0.1) is 0 Å². The number of hydrogen-bond donors (Lipinski definition) is 1. The summed E-state index contributed by atoms with van der Waals surface area (Å²) in [7, 11) is 0. The van der Waals surface area contributed by atoms with Crippen molar-refractivity contribution < 1.29 is 19.5 Å². The fourth-order valence-electron chi connectivity index (χ4n) is 2.71. The zero-order chi connectivity index (χ0) is 25.7. The van der Waals surface area contributed by atoms with E-state index in [1.807, 2.05) is 0 Å². The van der Waals surface area contributed by atoms with Crippen molar-refractivity contribution in [2.75, 3.05) is 39.3 Å². The number of rotatable bonds is 18. The van der Waals surface area contributed by atoms with Crippen LogP contribution >= 0.6 is 24.4 Å². The summed E-state index contributed by atoms with van der Waals surface area (Å²) in [5, 5.41) is 3.39. The Morgan fingerprint density at radius 3 is 0.941 bits per heavy atom. The molecule has 0 spiro atoms. The minimum atomic E-state index is 0. The fraction of sp³-hybridized carbons (Fsp3) is 0.923. The Labute approximate surface area is 249 Å². The van der Waals surface area contributed by atoms with Gasteiger partial charge in [-0.05, 0) is 51.6 Å². The van der Waals surface area contributed by atoms with E-state index in [2.05, 4.69) is 56.7 Å². The second kappa shape index (κ2) is 36.0. The summed E-state index contributed by atoms with van der Waals surface area (Å²) < 4.78 is 1.27. The third-order valence-electron chi connectivity index (χ3n) is 5.06. The van der Waals surface area contributed by atoms with Crippen LogP contribution in [-0.2, 0) is 44.7 Å². The first-order valence-corrected chi connectivity index (χ1v) is 15.1. The second-order valence-corrected chi connectivity index (χ2v) is 10.4. The Bertz CT molecular complexity index is 364. The van der Waals surface area contributed by atoms with Crippen molar-refractivity contribution in [2.45, 2.75) is 119 Å². The molecule has 0 unspecified atom stereocenters. The zero-order valence-corrected chi connectivity index (χ0v) is 29.7. The van der Waals surface area contributed by atoms with E-state index < -0.39 is 0 Å². The van der Waals surface area contributed by atoms with Crippen LogP contribution in [0.5, 0.6) is 0 Å². The first-order valence-electron chi connectivity index (χ1n) is 13.5. The molecule has 1 N–H and O–H groups in total. The smallest absolute Gasteiger partial charge is 0.411 e. The fourth-order valence-corrected chi connectivity index (χ4v) is 3.44. The van der Waals surface area contributed by atoms with E-state index in [0.29, 0.717) is 8.64 Å². The van der Waals surface area contributed by atoms with Gasteiger partial charge in [-0.3, -0.25) is 0 Å². The Morgan fingerprint density at radius 2 is 0.765 bits per heavy atom. The molecule has 200 valence electrons. The molecule has 8 heteroatoms. The molecule has 0 saturated carbocycles. The van der Waals surface area contributed by atoms with Crippen LogP contribution in [-0.4, -0.2) is 57.7 Å². The number of thiocarbonyl (C=S) groups is 2. The molecule has 0 aromatic carbocycles. The van der Waals surface area contributed by atoms with Crippen LogP contribution < -0.4 is 5.32 Å². The molecule has 34 heavy (non-hydrogen) atoms. The Hall–Kier alpha value is 0.803. The van der Waals surface area contributed by atoms with Crippen molar-refractivity contribution in [1.82, 2.24) is 15.1 Å². The quantitative estimate of drug-likeness (QED) is 0.0743. The van der Waals surface area contributed by atoms with Gasteiger partial charge in [-0.2, -0.15) is 0 Å². The molecule has 0 fully saturated rings. The topological polar surface area (TPSA) is 18.5 Å². The minimum absolute atomic E-state index is 0. The molecular weight excluding hydrogens is 548 g/mol. The third-order valence-corrected chi connectivity index (χ3v) is 6.09. The molecule has 0 radical (unpaired) electrons. The van der Waals surface area contributed by atoms with E-state index in [9.17, 15) is 0 Å². The molecule has 0 atom stereocenters. The summed E-state index contributed by atoms with van der Waals surface area (Å²) in [5.74, 6) is 0. The molecule has 3 nitrogen and oxygen atoms in total. The molecule has 0 bridgehead atoms. The molecule has 0 aromatic rings. The molecule has 0 saturated heterocycles. The van der Waals surface area contributed by atoms with Gasteiger partial charge in [0.25, 0.3) is 0 Å². The molecule has 0 amide bonds. The van der Waals surface area contributed by atoms with Crippen LogP contribution in [0.1, 0.15) is 119 Å². The van der Waals surface area contributed by atoms with Gasteiger partial charge in [0.1, 0.15) is 0 Å². The predicted octanol–water partition coefficient (Wildman–Crippen LogP) is 7.61. The number of nitrogens with zero attached hydrogens (tertiary/aromatic N) is 2. The largest absolute Gasteiger partial charge is 2.00 e.